The SMILES string of the molecule is c1ccc(C2Oc3ccccc3C3CC(c4ccc5ccccc5c4)=NN32)cc1. The minimum atomic E-state index is -0.214. The molecule has 4 aromatic carbocycles. The molecule has 140 valence electrons. The highest BCUT2D eigenvalue weighted by molar-refractivity contribution is 6.04. The Hall–Kier alpha value is -3.59. The van der Waals surface area contributed by atoms with Crippen LogP contribution in [0.2, 0.25) is 0 Å². The summed E-state index contributed by atoms with van der Waals surface area (Å²) >= 11 is 0. The maximum atomic E-state index is 6.41. The van der Waals surface area contributed by atoms with Crippen LogP contribution in [0.15, 0.2) is 102 Å². The van der Waals surface area contributed by atoms with Crippen LogP contribution >= 0.6 is 0 Å². The van der Waals surface area contributed by atoms with Crippen molar-refractivity contribution in [2.75, 3.05) is 0 Å². The third kappa shape index (κ3) is 2.70. The van der Waals surface area contributed by atoms with Crippen LogP contribution in [0, 0.1) is 0 Å². The maximum Gasteiger partial charge on any atom is 0.213 e. The van der Waals surface area contributed by atoms with Gasteiger partial charge in [0.15, 0.2) is 0 Å². The molecule has 2 aliphatic heterocycles. The highest BCUT2D eigenvalue weighted by atomic mass is 16.5. The summed E-state index contributed by atoms with van der Waals surface area (Å²) < 4.78 is 6.41. The van der Waals surface area contributed by atoms with Gasteiger partial charge in [-0.3, -0.25) is 0 Å². The molecule has 29 heavy (non-hydrogen) atoms. The summed E-state index contributed by atoms with van der Waals surface area (Å²) in [6.07, 6.45) is 0.663. The summed E-state index contributed by atoms with van der Waals surface area (Å²) in [7, 11) is 0. The number of hydrogen-bond donors (Lipinski definition) is 0. The first-order chi connectivity index (χ1) is 14.4. The Bertz CT molecular complexity index is 1230. The first-order valence-electron chi connectivity index (χ1n) is 10.0. The topological polar surface area (TPSA) is 24.8 Å². The lowest BCUT2D eigenvalue weighted by Crippen LogP contribution is -2.33. The lowest BCUT2D eigenvalue weighted by molar-refractivity contribution is -0.0190. The largest absolute Gasteiger partial charge is 0.464 e. The molecule has 0 fully saturated rings. The zero-order chi connectivity index (χ0) is 19.2. The van der Waals surface area contributed by atoms with Crippen molar-refractivity contribution in [3.8, 4) is 5.75 Å². The van der Waals surface area contributed by atoms with Crippen molar-refractivity contribution in [2.45, 2.75) is 18.7 Å². The molecule has 2 heterocycles. The molecule has 3 heteroatoms. The summed E-state index contributed by atoms with van der Waals surface area (Å²) in [6.45, 7) is 0. The second-order valence-electron chi connectivity index (χ2n) is 7.63. The monoisotopic (exact) mass is 376 g/mol. The highest BCUT2D eigenvalue weighted by Crippen LogP contribution is 2.47. The molecule has 0 bridgehead atoms. The zero-order valence-corrected chi connectivity index (χ0v) is 15.9. The molecule has 0 spiro atoms. The van der Waals surface area contributed by atoms with Crippen molar-refractivity contribution in [1.29, 1.82) is 0 Å². The standard InChI is InChI=1S/C26H20N2O/c1-2-9-19(10-3-1)26-28-24(22-12-6-7-13-25(22)29-26)17-23(27-28)21-15-14-18-8-4-5-11-20(18)16-21/h1-16,24,26H,17H2. The molecule has 0 radical (unpaired) electrons. The van der Waals surface area contributed by atoms with Crippen LogP contribution < -0.4 is 4.74 Å². The van der Waals surface area contributed by atoms with Gasteiger partial charge in [-0.25, -0.2) is 5.01 Å². The molecule has 0 amide bonds. The van der Waals surface area contributed by atoms with Gasteiger partial charge >= 0.3 is 0 Å². The van der Waals surface area contributed by atoms with Crippen LogP contribution in [0.4, 0.5) is 0 Å². The third-order valence-corrected chi connectivity index (χ3v) is 5.87. The first kappa shape index (κ1) is 16.4. The molecule has 0 aliphatic carbocycles. The van der Waals surface area contributed by atoms with Crippen LogP contribution in [0.1, 0.15) is 35.4 Å². The van der Waals surface area contributed by atoms with Gasteiger partial charge in [0.05, 0.1) is 11.8 Å². The molecular weight excluding hydrogens is 356 g/mol. The van der Waals surface area contributed by atoms with Gasteiger partial charge in [-0.05, 0) is 28.5 Å². The molecule has 0 aromatic heterocycles. The Morgan fingerprint density at radius 3 is 2.41 bits per heavy atom. The van der Waals surface area contributed by atoms with Crippen molar-refractivity contribution >= 4 is 16.5 Å². The van der Waals surface area contributed by atoms with E-state index in [-0.39, 0.29) is 12.3 Å². The van der Waals surface area contributed by atoms with Gasteiger partial charge in [-0.15, -0.1) is 0 Å². The Balaban J connectivity index is 1.45. The molecule has 0 saturated carbocycles. The summed E-state index contributed by atoms with van der Waals surface area (Å²) in [4.78, 5) is 0. The fourth-order valence-electron chi connectivity index (χ4n) is 4.42. The Labute approximate surface area is 169 Å². The number of nitrogens with zero attached hydrogens (tertiary/aromatic N) is 2. The van der Waals surface area contributed by atoms with E-state index in [2.05, 4.69) is 89.9 Å². The van der Waals surface area contributed by atoms with Crippen LogP contribution in [0.3, 0.4) is 0 Å². The zero-order valence-electron chi connectivity index (χ0n) is 15.9. The van der Waals surface area contributed by atoms with E-state index in [1.165, 1.54) is 21.9 Å². The molecule has 3 nitrogen and oxygen atoms in total. The normalized spacial score (nSPS) is 20.0. The minimum absolute atomic E-state index is 0.187. The van der Waals surface area contributed by atoms with E-state index >= 15 is 0 Å². The van der Waals surface area contributed by atoms with Gasteiger partial charge < -0.3 is 4.74 Å². The van der Waals surface area contributed by atoms with Crippen molar-refractivity contribution in [3.05, 3.63) is 114 Å². The molecule has 0 saturated heterocycles. The average Bonchev–Trinajstić information content (AvgIpc) is 3.25. The quantitative estimate of drug-likeness (QED) is 0.423. The van der Waals surface area contributed by atoms with Gasteiger partial charge in [0.25, 0.3) is 0 Å². The number of fused-ring (bicyclic) bond motifs is 4. The van der Waals surface area contributed by atoms with Gasteiger partial charge in [-0.2, -0.15) is 5.10 Å². The molecule has 4 aromatic rings. The first-order valence-corrected chi connectivity index (χ1v) is 10.0. The van der Waals surface area contributed by atoms with Crippen molar-refractivity contribution < 1.29 is 4.74 Å². The summed E-state index contributed by atoms with van der Waals surface area (Å²) in [5.41, 5.74) is 4.62. The molecule has 0 N–H and O–H groups in total. The number of para-hydroxylation sites is 1. The number of rotatable bonds is 2. The predicted octanol–water partition coefficient (Wildman–Crippen LogP) is 6.08. The van der Waals surface area contributed by atoms with E-state index in [4.69, 9.17) is 9.84 Å². The fraction of sp³-hybridized carbons (Fsp3) is 0.115. The second-order valence-corrected chi connectivity index (χ2v) is 7.63. The van der Waals surface area contributed by atoms with Gasteiger partial charge in [0, 0.05) is 17.5 Å². The van der Waals surface area contributed by atoms with Gasteiger partial charge in [-0.1, -0.05) is 84.9 Å². The Kier molecular flexibility index (Phi) is 3.66. The van der Waals surface area contributed by atoms with E-state index in [0.717, 1.165) is 23.4 Å². The molecule has 2 aliphatic rings. The lowest BCUT2D eigenvalue weighted by Gasteiger charge is -2.38. The molecule has 2 unspecified atom stereocenters. The highest BCUT2D eigenvalue weighted by Gasteiger charge is 2.40. The van der Waals surface area contributed by atoms with E-state index in [1.54, 1.807) is 0 Å². The van der Waals surface area contributed by atoms with Crippen molar-refractivity contribution in [2.24, 2.45) is 5.10 Å². The summed E-state index contributed by atoms with van der Waals surface area (Å²) in [6, 6.07) is 34.0. The maximum absolute atomic E-state index is 6.41. The van der Waals surface area contributed by atoms with Crippen LogP contribution in [-0.2, 0) is 0 Å². The summed E-state index contributed by atoms with van der Waals surface area (Å²) in [5.74, 6) is 0.956. The van der Waals surface area contributed by atoms with E-state index < -0.39 is 0 Å². The number of hydrogen-bond acceptors (Lipinski definition) is 3. The Morgan fingerprint density at radius 2 is 1.52 bits per heavy atom. The fourth-order valence-corrected chi connectivity index (χ4v) is 4.42. The van der Waals surface area contributed by atoms with Gasteiger partial charge in [0.1, 0.15) is 5.75 Å². The van der Waals surface area contributed by atoms with Crippen molar-refractivity contribution in [1.82, 2.24) is 5.01 Å². The average molecular weight is 376 g/mol. The molecule has 6 rings (SSSR count). The van der Waals surface area contributed by atoms with Crippen LogP contribution in [-0.4, -0.2) is 10.7 Å². The van der Waals surface area contributed by atoms with E-state index in [0.29, 0.717) is 0 Å². The molecule has 2 atom stereocenters. The minimum Gasteiger partial charge on any atom is -0.464 e. The third-order valence-electron chi connectivity index (χ3n) is 5.87. The summed E-state index contributed by atoms with van der Waals surface area (Å²) in [5, 5.41) is 9.71. The van der Waals surface area contributed by atoms with Crippen LogP contribution in [0.5, 0.6) is 5.75 Å². The lowest BCUT2D eigenvalue weighted by atomic mass is 9.95. The predicted molar refractivity (Wildman–Crippen MR) is 116 cm³/mol. The smallest absolute Gasteiger partial charge is 0.213 e. The molecular formula is C26H20N2O. The number of hydrazone groups is 1. The second kappa shape index (κ2) is 6.49. The Morgan fingerprint density at radius 1 is 0.759 bits per heavy atom. The van der Waals surface area contributed by atoms with E-state index in [9.17, 15) is 0 Å². The van der Waals surface area contributed by atoms with Crippen molar-refractivity contribution in [3.63, 3.8) is 0 Å². The number of benzene rings is 4. The number of ether oxygens (including phenoxy) is 1. The van der Waals surface area contributed by atoms with Crippen LogP contribution in [0.25, 0.3) is 10.8 Å². The van der Waals surface area contributed by atoms with Gasteiger partial charge in [0.2, 0.25) is 6.23 Å². The van der Waals surface area contributed by atoms with E-state index in [1.807, 2.05) is 12.1 Å².